The summed E-state index contributed by atoms with van der Waals surface area (Å²) in [5.74, 6) is 5.41. The SMILES string of the molecule is C#CCSCCNC(C)c1ccccc1OCC. The summed E-state index contributed by atoms with van der Waals surface area (Å²) in [5, 5.41) is 3.49. The molecule has 0 heterocycles. The maximum absolute atomic E-state index is 5.63. The van der Waals surface area contributed by atoms with E-state index in [0.717, 1.165) is 23.8 Å². The first-order chi connectivity index (χ1) is 8.79. The van der Waals surface area contributed by atoms with Gasteiger partial charge in [0.25, 0.3) is 0 Å². The lowest BCUT2D eigenvalue weighted by Crippen LogP contribution is -2.22. The van der Waals surface area contributed by atoms with Crippen LogP contribution < -0.4 is 10.1 Å². The highest BCUT2D eigenvalue weighted by Gasteiger charge is 2.09. The van der Waals surface area contributed by atoms with Crippen LogP contribution in [0.5, 0.6) is 5.75 Å². The highest BCUT2D eigenvalue weighted by atomic mass is 32.2. The first-order valence-corrected chi connectivity index (χ1v) is 7.41. The van der Waals surface area contributed by atoms with Crippen LogP contribution in [-0.2, 0) is 0 Å². The van der Waals surface area contributed by atoms with Gasteiger partial charge in [-0.15, -0.1) is 18.2 Å². The van der Waals surface area contributed by atoms with E-state index in [1.54, 1.807) is 11.8 Å². The molecule has 0 bridgehead atoms. The number of hydrogen-bond acceptors (Lipinski definition) is 3. The number of benzene rings is 1. The highest BCUT2D eigenvalue weighted by Crippen LogP contribution is 2.24. The molecule has 3 heteroatoms. The first-order valence-electron chi connectivity index (χ1n) is 6.26. The predicted molar refractivity (Wildman–Crippen MR) is 80.2 cm³/mol. The van der Waals surface area contributed by atoms with E-state index < -0.39 is 0 Å². The Hall–Kier alpha value is -1.11. The Morgan fingerprint density at radius 1 is 1.44 bits per heavy atom. The summed E-state index contributed by atoms with van der Waals surface area (Å²) in [6.07, 6.45) is 5.21. The van der Waals surface area contributed by atoms with Crippen LogP contribution in [0.25, 0.3) is 0 Å². The topological polar surface area (TPSA) is 21.3 Å². The van der Waals surface area contributed by atoms with E-state index in [0.29, 0.717) is 12.6 Å². The van der Waals surface area contributed by atoms with Gasteiger partial charge in [0, 0.05) is 23.9 Å². The maximum Gasteiger partial charge on any atom is 0.124 e. The van der Waals surface area contributed by atoms with Crippen molar-refractivity contribution in [3.05, 3.63) is 29.8 Å². The Morgan fingerprint density at radius 3 is 2.94 bits per heavy atom. The molecule has 1 aromatic carbocycles. The molecule has 0 radical (unpaired) electrons. The molecule has 1 rings (SSSR count). The first kappa shape index (κ1) is 14.9. The summed E-state index contributed by atoms with van der Waals surface area (Å²) in [5.41, 5.74) is 1.21. The number of thioether (sulfide) groups is 1. The Balaban J connectivity index is 2.45. The van der Waals surface area contributed by atoms with Gasteiger partial charge < -0.3 is 10.1 Å². The number of hydrogen-bond donors (Lipinski definition) is 1. The minimum Gasteiger partial charge on any atom is -0.494 e. The monoisotopic (exact) mass is 263 g/mol. The molecule has 0 saturated carbocycles. The van der Waals surface area contributed by atoms with E-state index in [2.05, 4.69) is 24.2 Å². The number of nitrogens with one attached hydrogen (secondary N) is 1. The van der Waals surface area contributed by atoms with Gasteiger partial charge in [0.1, 0.15) is 5.75 Å². The molecule has 0 saturated heterocycles. The fraction of sp³-hybridized carbons (Fsp3) is 0.467. The van der Waals surface area contributed by atoms with E-state index in [1.165, 1.54) is 5.56 Å². The third-order valence-corrected chi connectivity index (χ3v) is 3.43. The zero-order chi connectivity index (χ0) is 13.2. The van der Waals surface area contributed by atoms with Gasteiger partial charge in [-0.2, -0.15) is 0 Å². The molecule has 1 aromatic rings. The molecule has 18 heavy (non-hydrogen) atoms. The van der Waals surface area contributed by atoms with E-state index in [-0.39, 0.29) is 0 Å². The van der Waals surface area contributed by atoms with Gasteiger partial charge in [0.05, 0.1) is 12.4 Å². The van der Waals surface area contributed by atoms with E-state index in [1.807, 2.05) is 25.1 Å². The Kier molecular flexibility index (Phi) is 7.40. The van der Waals surface area contributed by atoms with Crippen molar-refractivity contribution in [1.82, 2.24) is 5.32 Å². The van der Waals surface area contributed by atoms with Crippen LogP contribution >= 0.6 is 11.8 Å². The van der Waals surface area contributed by atoms with Crippen LogP contribution in [-0.4, -0.2) is 24.7 Å². The lowest BCUT2D eigenvalue weighted by atomic mass is 10.1. The molecular formula is C15H21NOS. The fourth-order valence-corrected chi connectivity index (χ4v) is 2.24. The molecule has 0 aliphatic rings. The van der Waals surface area contributed by atoms with Crippen LogP contribution in [0, 0.1) is 12.3 Å². The average molecular weight is 263 g/mol. The summed E-state index contributed by atoms with van der Waals surface area (Å²) in [6.45, 7) is 5.81. The molecular weight excluding hydrogens is 242 g/mol. The molecule has 0 spiro atoms. The maximum atomic E-state index is 5.63. The average Bonchev–Trinajstić information content (AvgIpc) is 2.39. The molecule has 0 aromatic heterocycles. The molecule has 98 valence electrons. The van der Waals surface area contributed by atoms with Crippen molar-refractivity contribution in [3.63, 3.8) is 0 Å². The number of para-hydroxylation sites is 1. The van der Waals surface area contributed by atoms with Crippen LogP contribution in [0.2, 0.25) is 0 Å². The van der Waals surface area contributed by atoms with E-state index >= 15 is 0 Å². The molecule has 0 amide bonds. The van der Waals surface area contributed by atoms with Crippen LogP contribution in [0.3, 0.4) is 0 Å². The second kappa shape index (κ2) is 8.91. The fourth-order valence-electron chi connectivity index (χ4n) is 1.71. The number of ether oxygens (including phenoxy) is 1. The Bertz CT molecular complexity index is 386. The standard InChI is InChI=1S/C15H21NOS/c1-4-11-18-12-10-16-13(3)14-8-6-7-9-15(14)17-5-2/h1,6-9,13,16H,5,10-12H2,2-3H3. The summed E-state index contributed by atoms with van der Waals surface area (Å²) in [4.78, 5) is 0. The Morgan fingerprint density at radius 2 is 2.22 bits per heavy atom. The molecule has 0 aliphatic carbocycles. The highest BCUT2D eigenvalue weighted by molar-refractivity contribution is 7.99. The van der Waals surface area contributed by atoms with Crippen molar-refractivity contribution < 1.29 is 4.74 Å². The molecule has 0 fully saturated rings. The molecule has 0 aliphatic heterocycles. The van der Waals surface area contributed by atoms with Crippen molar-refractivity contribution >= 4 is 11.8 Å². The smallest absolute Gasteiger partial charge is 0.124 e. The lowest BCUT2D eigenvalue weighted by Gasteiger charge is -2.17. The molecule has 2 nitrogen and oxygen atoms in total. The second-order valence-electron chi connectivity index (χ2n) is 3.90. The van der Waals surface area contributed by atoms with E-state index in [4.69, 9.17) is 11.2 Å². The van der Waals surface area contributed by atoms with Gasteiger partial charge in [0.15, 0.2) is 0 Å². The molecule has 1 N–H and O–H groups in total. The largest absolute Gasteiger partial charge is 0.494 e. The van der Waals surface area contributed by atoms with Gasteiger partial charge in [-0.25, -0.2) is 0 Å². The molecule has 1 unspecified atom stereocenters. The summed E-state index contributed by atoms with van der Waals surface area (Å²) >= 11 is 1.78. The zero-order valence-electron chi connectivity index (χ0n) is 11.1. The van der Waals surface area contributed by atoms with Gasteiger partial charge in [0.2, 0.25) is 0 Å². The van der Waals surface area contributed by atoms with Gasteiger partial charge in [-0.3, -0.25) is 0 Å². The normalized spacial score (nSPS) is 11.8. The van der Waals surface area contributed by atoms with Crippen molar-refractivity contribution in [1.29, 1.82) is 0 Å². The third kappa shape index (κ3) is 5.03. The van der Waals surface area contributed by atoms with Crippen molar-refractivity contribution in [2.45, 2.75) is 19.9 Å². The summed E-state index contributed by atoms with van der Waals surface area (Å²) in [7, 11) is 0. The summed E-state index contributed by atoms with van der Waals surface area (Å²) in [6, 6.07) is 8.47. The van der Waals surface area contributed by atoms with E-state index in [9.17, 15) is 0 Å². The van der Waals surface area contributed by atoms with Crippen molar-refractivity contribution in [3.8, 4) is 18.1 Å². The van der Waals surface area contributed by atoms with Crippen LogP contribution in [0.1, 0.15) is 25.5 Å². The minimum atomic E-state index is 0.291. The zero-order valence-corrected chi connectivity index (χ0v) is 11.9. The van der Waals surface area contributed by atoms with Gasteiger partial charge in [-0.1, -0.05) is 24.1 Å². The number of rotatable bonds is 8. The minimum absolute atomic E-state index is 0.291. The lowest BCUT2D eigenvalue weighted by molar-refractivity contribution is 0.332. The Labute approximate surface area is 115 Å². The predicted octanol–water partition coefficient (Wildman–Crippen LogP) is 3.10. The quantitative estimate of drug-likeness (QED) is 0.575. The van der Waals surface area contributed by atoms with Crippen LogP contribution in [0.4, 0.5) is 0 Å². The van der Waals surface area contributed by atoms with Gasteiger partial charge >= 0.3 is 0 Å². The van der Waals surface area contributed by atoms with Crippen LogP contribution in [0.15, 0.2) is 24.3 Å². The second-order valence-corrected chi connectivity index (χ2v) is 5.01. The summed E-state index contributed by atoms with van der Waals surface area (Å²) < 4.78 is 5.63. The molecule has 1 atom stereocenters. The van der Waals surface area contributed by atoms with Gasteiger partial charge in [-0.05, 0) is 19.9 Å². The third-order valence-electron chi connectivity index (χ3n) is 2.57. The number of terminal acetylenes is 1. The van der Waals surface area contributed by atoms with Crippen molar-refractivity contribution in [2.75, 3.05) is 24.7 Å². The van der Waals surface area contributed by atoms with Crippen molar-refractivity contribution in [2.24, 2.45) is 0 Å².